The lowest BCUT2D eigenvalue weighted by Crippen LogP contribution is -2.39. The highest BCUT2D eigenvalue weighted by Gasteiger charge is 2.25. The van der Waals surface area contributed by atoms with Crippen LogP contribution in [0.2, 0.25) is 0 Å². The number of nitrogens with zero attached hydrogens (tertiary/aromatic N) is 1. The van der Waals surface area contributed by atoms with E-state index in [0.717, 1.165) is 23.2 Å². The molecule has 0 radical (unpaired) electrons. The lowest BCUT2D eigenvalue weighted by Gasteiger charge is -2.25. The zero-order valence-corrected chi connectivity index (χ0v) is 13.4. The van der Waals surface area contributed by atoms with E-state index in [2.05, 4.69) is 5.32 Å². The van der Waals surface area contributed by atoms with Crippen LogP contribution >= 0.6 is 0 Å². The SMILES string of the molecule is Cc1cccc(NC(=O)CCN2CCCCS2(=O)=O)c1C. The van der Waals surface area contributed by atoms with Gasteiger partial charge in [0.1, 0.15) is 0 Å². The van der Waals surface area contributed by atoms with E-state index in [1.54, 1.807) is 0 Å². The molecule has 116 valence electrons. The third-order valence-electron chi connectivity index (χ3n) is 3.92. The molecule has 1 aliphatic heterocycles. The van der Waals surface area contributed by atoms with Crippen LogP contribution < -0.4 is 5.32 Å². The monoisotopic (exact) mass is 310 g/mol. The summed E-state index contributed by atoms with van der Waals surface area (Å²) in [6.07, 6.45) is 1.78. The fraction of sp³-hybridized carbons (Fsp3) is 0.533. The molecule has 1 aliphatic rings. The molecule has 0 aliphatic carbocycles. The molecule has 0 atom stereocenters. The van der Waals surface area contributed by atoms with Crippen LogP contribution in [-0.2, 0) is 14.8 Å². The van der Waals surface area contributed by atoms with Crippen molar-refractivity contribution >= 4 is 21.6 Å². The van der Waals surface area contributed by atoms with Crippen LogP contribution in [0.25, 0.3) is 0 Å². The highest BCUT2D eigenvalue weighted by Crippen LogP contribution is 2.18. The van der Waals surface area contributed by atoms with Crippen molar-refractivity contribution in [1.29, 1.82) is 0 Å². The second kappa shape index (κ2) is 6.58. The lowest BCUT2D eigenvalue weighted by molar-refractivity contribution is -0.116. The Bertz CT molecular complexity index is 626. The maximum absolute atomic E-state index is 12.0. The highest BCUT2D eigenvalue weighted by molar-refractivity contribution is 7.89. The number of rotatable bonds is 4. The number of amides is 1. The first-order valence-electron chi connectivity index (χ1n) is 7.24. The second-order valence-corrected chi connectivity index (χ2v) is 7.56. The average molecular weight is 310 g/mol. The molecule has 21 heavy (non-hydrogen) atoms. The first kappa shape index (κ1) is 16.0. The topological polar surface area (TPSA) is 66.5 Å². The number of aryl methyl sites for hydroxylation is 1. The van der Waals surface area contributed by atoms with Gasteiger partial charge in [0.05, 0.1) is 5.75 Å². The van der Waals surface area contributed by atoms with Gasteiger partial charge in [-0.1, -0.05) is 12.1 Å². The van der Waals surface area contributed by atoms with E-state index < -0.39 is 10.0 Å². The Morgan fingerprint density at radius 1 is 1.29 bits per heavy atom. The first-order chi connectivity index (χ1) is 9.90. The summed E-state index contributed by atoms with van der Waals surface area (Å²) in [5.41, 5.74) is 2.95. The minimum Gasteiger partial charge on any atom is -0.326 e. The maximum atomic E-state index is 12.0. The molecule has 5 nitrogen and oxygen atoms in total. The Balaban J connectivity index is 1.92. The van der Waals surface area contributed by atoms with Crippen molar-refractivity contribution < 1.29 is 13.2 Å². The molecule has 1 aromatic rings. The Labute approximate surface area is 126 Å². The second-order valence-electron chi connectivity index (χ2n) is 5.47. The van der Waals surface area contributed by atoms with E-state index in [0.29, 0.717) is 13.0 Å². The molecule has 0 spiro atoms. The number of anilines is 1. The minimum absolute atomic E-state index is 0.149. The quantitative estimate of drug-likeness (QED) is 0.925. The summed E-state index contributed by atoms with van der Waals surface area (Å²) in [5, 5.41) is 2.86. The molecule has 6 heteroatoms. The van der Waals surface area contributed by atoms with Gasteiger partial charge in [-0.25, -0.2) is 12.7 Å². The molecule has 0 saturated carbocycles. The van der Waals surface area contributed by atoms with Crippen LogP contribution in [0.15, 0.2) is 18.2 Å². The van der Waals surface area contributed by atoms with Gasteiger partial charge in [-0.05, 0) is 43.9 Å². The molecule has 1 fully saturated rings. The zero-order valence-electron chi connectivity index (χ0n) is 12.6. The van der Waals surface area contributed by atoms with Gasteiger partial charge in [-0.15, -0.1) is 0 Å². The maximum Gasteiger partial charge on any atom is 0.225 e. The van der Waals surface area contributed by atoms with Gasteiger partial charge in [-0.3, -0.25) is 4.79 Å². The average Bonchev–Trinajstić information content (AvgIpc) is 2.42. The minimum atomic E-state index is -3.15. The predicted octanol–water partition coefficient (Wildman–Crippen LogP) is 2.06. The van der Waals surface area contributed by atoms with Crippen LogP contribution in [0.4, 0.5) is 5.69 Å². The van der Waals surface area contributed by atoms with Gasteiger partial charge in [0.2, 0.25) is 15.9 Å². The molecule has 1 aromatic carbocycles. The summed E-state index contributed by atoms with van der Waals surface area (Å²) in [6.45, 7) is 4.74. The predicted molar refractivity (Wildman–Crippen MR) is 83.8 cm³/mol. The van der Waals surface area contributed by atoms with Crippen LogP contribution in [0.5, 0.6) is 0 Å². The van der Waals surface area contributed by atoms with E-state index in [1.165, 1.54) is 4.31 Å². The standard InChI is InChI=1S/C15H22N2O3S/c1-12-6-5-7-14(13(12)2)16-15(18)8-10-17-9-3-4-11-21(17,19)20/h5-7H,3-4,8-11H2,1-2H3,(H,16,18). The number of hydrogen-bond acceptors (Lipinski definition) is 3. The molecule has 0 unspecified atom stereocenters. The first-order valence-corrected chi connectivity index (χ1v) is 8.85. The van der Waals surface area contributed by atoms with E-state index in [9.17, 15) is 13.2 Å². The van der Waals surface area contributed by atoms with Crippen LogP contribution in [0.3, 0.4) is 0 Å². The summed E-state index contributed by atoms with van der Waals surface area (Å²) in [7, 11) is -3.15. The number of sulfonamides is 1. The number of benzene rings is 1. The molecule has 1 saturated heterocycles. The van der Waals surface area contributed by atoms with Crippen molar-refractivity contribution in [3.8, 4) is 0 Å². The fourth-order valence-electron chi connectivity index (χ4n) is 2.42. The highest BCUT2D eigenvalue weighted by atomic mass is 32.2. The van der Waals surface area contributed by atoms with Gasteiger partial charge in [0.15, 0.2) is 0 Å². The normalized spacial score (nSPS) is 18.4. The molecule has 1 amide bonds. The summed E-state index contributed by atoms with van der Waals surface area (Å²) in [4.78, 5) is 12.0. The van der Waals surface area contributed by atoms with Crippen LogP contribution in [-0.4, -0.2) is 37.5 Å². The van der Waals surface area contributed by atoms with Gasteiger partial charge >= 0.3 is 0 Å². The Hall–Kier alpha value is -1.40. The van der Waals surface area contributed by atoms with Crippen molar-refractivity contribution in [2.24, 2.45) is 0 Å². The largest absolute Gasteiger partial charge is 0.326 e. The summed E-state index contributed by atoms with van der Waals surface area (Å²) in [5.74, 6) is 0.0514. The van der Waals surface area contributed by atoms with E-state index in [1.807, 2.05) is 32.0 Å². The molecular formula is C15H22N2O3S. The summed E-state index contributed by atoms with van der Waals surface area (Å²) in [6, 6.07) is 5.75. The van der Waals surface area contributed by atoms with Crippen LogP contribution in [0.1, 0.15) is 30.4 Å². The van der Waals surface area contributed by atoms with Crippen LogP contribution in [0, 0.1) is 13.8 Å². The number of nitrogens with one attached hydrogen (secondary N) is 1. The van der Waals surface area contributed by atoms with Crippen molar-refractivity contribution in [2.45, 2.75) is 33.1 Å². The van der Waals surface area contributed by atoms with Gasteiger partial charge in [-0.2, -0.15) is 0 Å². The third-order valence-corrected chi connectivity index (χ3v) is 5.88. The van der Waals surface area contributed by atoms with E-state index >= 15 is 0 Å². The Kier molecular flexibility index (Phi) is 5.00. The lowest BCUT2D eigenvalue weighted by atomic mass is 10.1. The zero-order chi connectivity index (χ0) is 15.5. The van der Waals surface area contributed by atoms with E-state index in [4.69, 9.17) is 0 Å². The fourth-order valence-corrected chi connectivity index (χ4v) is 4.02. The Morgan fingerprint density at radius 3 is 2.76 bits per heavy atom. The summed E-state index contributed by atoms with van der Waals surface area (Å²) >= 11 is 0. The smallest absolute Gasteiger partial charge is 0.225 e. The van der Waals surface area contributed by atoms with Crippen molar-refractivity contribution in [3.63, 3.8) is 0 Å². The van der Waals surface area contributed by atoms with Crippen molar-refractivity contribution in [1.82, 2.24) is 4.31 Å². The molecule has 0 aromatic heterocycles. The number of carbonyl (C=O) groups is 1. The summed E-state index contributed by atoms with van der Waals surface area (Å²) < 4.78 is 25.1. The number of hydrogen-bond donors (Lipinski definition) is 1. The van der Waals surface area contributed by atoms with E-state index in [-0.39, 0.29) is 24.6 Å². The molecule has 0 bridgehead atoms. The molecule has 1 N–H and O–H groups in total. The number of carbonyl (C=O) groups excluding carboxylic acids is 1. The van der Waals surface area contributed by atoms with Gasteiger partial charge in [0, 0.05) is 25.2 Å². The van der Waals surface area contributed by atoms with Crippen molar-refractivity contribution in [2.75, 3.05) is 24.2 Å². The van der Waals surface area contributed by atoms with Gasteiger partial charge in [0.25, 0.3) is 0 Å². The van der Waals surface area contributed by atoms with Gasteiger partial charge < -0.3 is 5.32 Å². The molecule has 1 heterocycles. The molecule has 2 rings (SSSR count). The third kappa shape index (κ3) is 4.04. The molecular weight excluding hydrogens is 288 g/mol. The van der Waals surface area contributed by atoms with Crippen molar-refractivity contribution in [3.05, 3.63) is 29.3 Å². The Morgan fingerprint density at radius 2 is 2.05 bits per heavy atom.